The molecule has 0 saturated heterocycles. The van der Waals surface area contributed by atoms with Crippen molar-refractivity contribution in [2.75, 3.05) is 6.54 Å². The van der Waals surface area contributed by atoms with Crippen LogP contribution < -0.4 is 5.73 Å². The van der Waals surface area contributed by atoms with E-state index in [-0.39, 0.29) is 5.41 Å². The minimum Gasteiger partial charge on any atom is -0.367 e. The number of nitrogens with one attached hydrogen (secondary N) is 1. The average molecular weight is 235 g/mol. The second-order valence-electron chi connectivity index (χ2n) is 4.61. The molecular formula is C12H17N3S. The highest BCUT2D eigenvalue weighted by atomic mass is 32.1. The van der Waals surface area contributed by atoms with E-state index in [9.17, 15) is 0 Å². The number of hydrogen-bond acceptors (Lipinski definition) is 3. The minimum atomic E-state index is -0.0377. The van der Waals surface area contributed by atoms with Crippen molar-refractivity contribution in [3.05, 3.63) is 28.3 Å². The molecule has 0 radical (unpaired) electrons. The molecule has 2 aromatic rings. The number of hydrogen-bond donors (Lipinski definition) is 2. The largest absolute Gasteiger partial charge is 0.367 e. The minimum absolute atomic E-state index is 0.0377. The van der Waals surface area contributed by atoms with E-state index in [4.69, 9.17) is 10.7 Å². The second-order valence-corrected chi connectivity index (χ2v) is 5.81. The molecule has 86 valence electrons. The first kappa shape index (κ1) is 11.4. The number of rotatable bonds is 3. The summed E-state index contributed by atoms with van der Waals surface area (Å²) in [6, 6.07) is 2.04. The van der Waals surface area contributed by atoms with Gasteiger partial charge in [0.25, 0.3) is 0 Å². The number of H-pyrrole nitrogens is 1. The lowest BCUT2D eigenvalue weighted by Crippen LogP contribution is -2.27. The average Bonchev–Trinajstić information content (AvgIpc) is 2.86. The number of aromatic nitrogens is 2. The van der Waals surface area contributed by atoms with Gasteiger partial charge in [-0.15, -0.1) is 11.3 Å². The molecule has 3 N–H and O–H groups in total. The summed E-state index contributed by atoms with van der Waals surface area (Å²) >= 11 is 1.74. The summed E-state index contributed by atoms with van der Waals surface area (Å²) in [6.07, 6.45) is 3.89. The third kappa shape index (κ3) is 1.90. The molecule has 0 unspecified atom stereocenters. The molecule has 0 atom stereocenters. The van der Waals surface area contributed by atoms with Gasteiger partial charge in [-0.1, -0.05) is 13.8 Å². The quantitative estimate of drug-likeness (QED) is 0.859. The van der Waals surface area contributed by atoms with Gasteiger partial charge in [0.15, 0.2) is 0 Å². The third-order valence-electron chi connectivity index (χ3n) is 2.76. The highest BCUT2D eigenvalue weighted by Gasteiger charge is 2.24. The van der Waals surface area contributed by atoms with Gasteiger partial charge in [0.05, 0.1) is 5.69 Å². The molecule has 0 aliphatic heterocycles. The Morgan fingerprint density at radius 3 is 2.81 bits per heavy atom. The van der Waals surface area contributed by atoms with Crippen molar-refractivity contribution in [3.63, 3.8) is 0 Å². The fourth-order valence-corrected chi connectivity index (χ4v) is 2.56. The van der Waals surface area contributed by atoms with Crippen LogP contribution in [0.2, 0.25) is 0 Å². The Morgan fingerprint density at radius 1 is 1.50 bits per heavy atom. The molecular weight excluding hydrogens is 218 g/mol. The lowest BCUT2D eigenvalue weighted by atomic mass is 9.95. The van der Waals surface area contributed by atoms with Gasteiger partial charge < -0.3 is 10.7 Å². The maximum absolute atomic E-state index is 5.78. The van der Waals surface area contributed by atoms with Crippen LogP contribution in [0.1, 0.15) is 23.7 Å². The van der Waals surface area contributed by atoms with Gasteiger partial charge in [0.2, 0.25) is 0 Å². The monoisotopic (exact) mass is 235 g/mol. The standard InChI is InChI=1S/C12H17N3S/c1-8-10(9-4-5-14-6-9)15-11(16-8)12(2,3)7-13/h4-6,14H,7,13H2,1-3H3. The van der Waals surface area contributed by atoms with Crippen LogP contribution in [-0.2, 0) is 5.41 Å². The maximum Gasteiger partial charge on any atom is 0.100 e. The van der Waals surface area contributed by atoms with Crippen molar-refractivity contribution in [3.8, 4) is 11.3 Å². The van der Waals surface area contributed by atoms with Crippen molar-refractivity contribution in [1.82, 2.24) is 9.97 Å². The molecule has 3 nitrogen and oxygen atoms in total. The van der Waals surface area contributed by atoms with Crippen molar-refractivity contribution >= 4 is 11.3 Å². The second kappa shape index (κ2) is 4.03. The Morgan fingerprint density at radius 2 is 2.25 bits per heavy atom. The first-order chi connectivity index (χ1) is 7.54. The molecule has 0 aliphatic carbocycles. The number of nitrogens with zero attached hydrogens (tertiary/aromatic N) is 1. The number of nitrogens with two attached hydrogens (primary N) is 1. The van der Waals surface area contributed by atoms with E-state index in [0.29, 0.717) is 6.54 Å². The molecule has 0 aliphatic rings. The zero-order valence-corrected chi connectivity index (χ0v) is 10.7. The topological polar surface area (TPSA) is 54.7 Å². The van der Waals surface area contributed by atoms with E-state index in [1.165, 1.54) is 4.88 Å². The zero-order chi connectivity index (χ0) is 11.8. The molecule has 0 bridgehead atoms. The van der Waals surface area contributed by atoms with Gasteiger partial charge in [0.1, 0.15) is 5.01 Å². The molecule has 4 heteroatoms. The summed E-state index contributed by atoms with van der Waals surface area (Å²) in [4.78, 5) is 9.02. The van der Waals surface area contributed by atoms with Gasteiger partial charge in [-0.2, -0.15) is 0 Å². The normalized spacial score (nSPS) is 12.0. The molecule has 2 rings (SSSR count). The van der Waals surface area contributed by atoms with Gasteiger partial charge >= 0.3 is 0 Å². The van der Waals surface area contributed by atoms with E-state index in [0.717, 1.165) is 16.3 Å². The molecule has 0 amide bonds. The molecule has 0 saturated carbocycles. The first-order valence-corrected chi connectivity index (χ1v) is 6.17. The summed E-state index contributed by atoms with van der Waals surface area (Å²) < 4.78 is 0. The van der Waals surface area contributed by atoms with E-state index >= 15 is 0 Å². The molecule has 16 heavy (non-hydrogen) atoms. The van der Waals surface area contributed by atoms with Crippen LogP contribution >= 0.6 is 11.3 Å². The fraction of sp³-hybridized carbons (Fsp3) is 0.417. The lowest BCUT2D eigenvalue weighted by Gasteiger charge is -2.18. The zero-order valence-electron chi connectivity index (χ0n) is 9.87. The van der Waals surface area contributed by atoms with Crippen molar-refractivity contribution in [1.29, 1.82) is 0 Å². The van der Waals surface area contributed by atoms with Crippen LogP contribution in [-0.4, -0.2) is 16.5 Å². The summed E-state index contributed by atoms with van der Waals surface area (Å²) in [5.74, 6) is 0. The summed E-state index contributed by atoms with van der Waals surface area (Å²) in [5, 5.41) is 1.11. The van der Waals surface area contributed by atoms with Crippen LogP contribution in [0.25, 0.3) is 11.3 Å². The predicted molar refractivity (Wildman–Crippen MR) is 68.7 cm³/mol. The lowest BCUT2D eigenvalue weighted by molar-refractivity contribution is 0.536. The third-order valence-corrected chi connectivity index (χ3v) is 4.09. The van der Waals surface area contributed by atoms with Gasteiger partial charge in [-0.3, -0.25) is 0 Å². The molecule has 0 spiro atoms. The SMILES string of the molecule is Cc1sc(C(C)(C)CN)nc1-c1cc[nH]c1. The summed E-state index contributed by atoms with van der Waals surface area (Å²) in [5.41, 5.74) is 7.96. The van der Waals surface area contributed by atoms with Gasteiger partial charge in [-0.25, -0.2) is 4.98 Å². The predicted octanol–water partition coefficient (Wildman–Crippen LogP) is 2.68. The fourth-order valence-electron chi connectivity index (χ4n) is 1.51. The van der Waals surface area contributed by atoms with E-state index in [1.807, 2.05) is 18.5 Å². The van der Waals surface area contributed by atoms with Crippen LogP contribution in [0, 0.1) is 6.92 Å². The highest BCUT2D eigenvalue weighted by molar-refractivity contribution is 7.12. The van der Waals surface area contributed by atoms with E-state index in [1.54, 1.807) is 11.3 Å². The van der Waals surface area contributed by atoms with E-state index in [2.05, 4.69) is 25.8 Å². The highest BCUT2D eigenvalue weighted by Crippen LogP contribution is 2.33. The van der Waals surface area contributed by atoms with Crippen molar-refractivity contribution in [2.45, 2.75) is 26.2 Å². The molecule has 0 aromatic carbocycles. The van der Waals surface area contributed by atoms with Gasteiger partial charge in [0, 0.05) is 34.8 Å². The number of thiazole rings is 1. The number of aromatic amines is 1. The Hall–Kier alpha value is -1.13. The molecule has 2 heterocycles. The van der Waals surface area contributed by atoms with Crippen LogP contribution in [0.5, 0.6) is 0 Å². The van der Waals surface area contributed by atoms with Crippen LogP contribution in [0.4, 0.5) is 0 Å². The Labute approximate surface area is 99.7 Å². The Balaban J connectivity index is 2.44. The smallest absolute Gasteiger partial charge is 0.100 e. The number of aryl methyl sites for hydroxylation is 1. The first-order valence-electron chi connectivity index (χ1n) is 5.36. The van der Waals surface area contributed by atoms with E-state index < -0.39 is 0 Å². The van der Waals surface area contributed by atoms with Crippen molar-refractivity contribution in [2.24, 2.45) is 5.73 Å². The molecule has 0 fully saturated rings. The summed E-state index contributed by atoms with van der Waals surface area (Å²) in [7, 11) is 0. The van der Waals surface area contributed by atoms with Crippen LogP contribution in [0.3, 0.4) is 0 Å². The molecule has 2 aromatic heterocycles. The van der Waals surface area contributed by atoms with Crippen molar-refractivity contribution < 1.29 is 0 Å². The van der Waals surface area contributed by atoms with Gasteiger partial charge in [-0.05, 0) is 13.0 Å². The maximum atomic E-state index is 5.78. The Bertz CT molecular complexity index is 468. The van der Waals surface area contributed by atoms with Crippen LogP contribution in [0.15, 0.2) is 18.5 Å². The summed E-state index contributed by atoms with van der Waals surface area (Å²) in [6.45, 7) is 6.99. The Kier molecular flexibility index (Phi) is 2.86.